The summed E-state index contributed by atoms with van der Waals surface area (Å²) in [5, 5.41) is 7.52. The number of hydrogen-bond acceptors (Lipinski definition) is 9. The second-order valence-corrected chi connectivity index (χ2v) is 14.3. The fourth-order valence-electron chi connectivity index (χ4n) is 7.32. The van der Waals surface area contributed by atoms with Crippen LogP contribution >= 0.6 is 11.3 Å². The van der Waals surface area contributed by atoms with Crippen molar-refractivity contribution in [3.8, 4) is 28.4 Å². The first-order chi connectivity index (χ1) is 24.2. The number of para-hydroxylation sites is 1. The Morgan fingerprint density at radius 3 is 2.52 bits per heavy atom. The van der Waals surface area contributed by atoms with Crippen LogP contribution in [0.15, 0.2) is 53.3 Å². The van der Waals surface area contributed by atoms with Crippen molar-refractivity contribution in [3.63, 3.8) is 0 Å². The summed E-state index contributed by atoms with van der Waals surface area (Å²) >= 11 is 1.70. The summed E-state index contributed by atoms with van der Waals surface area (Å²) in [7, 11) is 4.71. The molecule has 4 aromatic rings. The van der Waals surface area contributed by atoms with Crippen molar-refractivity contribution in [3.05, 3.63) is 74.9 Å². The molecule has 0 spiro atoms. The summed E-state index contributed by atoms with van der Waals surface area (Å²) < 4.78 is 18.5. The van der Waals surface area contributed by atoms with Gasteiger partial charge in [0.05, 0.1) is 48.3 Å². The molecule has 0 unspecified atom stereocenters. The quantitative estimate of drug-likeness (QED) is 0.188. The molecule has 2 heterocycles. The summed E-state index contributed by atoms with van der Waals surface area (Å²) in [4.78, 5) is 47.7. The van der Waals surface area contributed by atoms with E-state index in [1.165, 1.54) is 6.92 Å². The SMILES string of the molecule is CC[C@@H](C)[C@H](Nc1ccc2c(cc1=O)[C@@H](NC(C)=O)CCc1cc(OC)c(OC)c(OC)c1-2)C(=O)N1CCC[C@H](c2nc3ccccc3s2)C1. The zero-order valence-electron chi connectivity index (χ0n) is 29.6. The molecule has 0 bridgehead atoms. The van der Waals surface area contributed by atoms with Gasteiger partial charge in [0.1, 0.15) is 6.04 Å². The molecule has 1 aliphatic carbocycles. The summed E-state index contributed by atoms with van der Waals surface area (Å²) in [6, 6.07) is 14.3. The number of benzene rings is 2. The van der Waals surface area contributed by atoms with E-state index in [2.05, 4.69) is 23.6 Å². The van der Waals surface area contributed by atoms with Crippen LogP contribution in [0.1, 0.15) is 74.5 Å². The first kappa shape index (κ1) is 35.2. The molecule has 2 amide bonds. The number of methoxy groups -OCH3 is 3. The second kappa shape index (κ2) is 15.1. The number of nitrogens with zero attached hydrogens (tertiary/aromatic N) is 2. The zero-order valence-corrected chi connectivity index (χ0v) is 30.4. The molecule has 11 heteroatoms. The number of anilines is 1. The molecule has 0 radical (unpaired) electrons. The van der Waals surface area contributed by atoms with Gasteiger partial charge in [0.15, 0.2) is 11.5 Å². The van der Waals surface area contributed by atoms with E-state index in [1.807, 2.05) is 42.2 Å². The third kappa shape index (κ3) is 6.88. The summed E-state index contributed by atoms with van der Waals surface area (Å²) in [6.45, 7) is 6.83. The number of likely N-dealkylation sites (tertiary alicyclic amines) is 1. The van der Waals surface area contributed by atoms with Crippen LogP contribution in [0.2, 0.25) is 0 Å². The van der Waals surface area contributed by atoms with Crippen molar-refractivity contribution in [1.29, 1.82) is 0 Å². The van der Waals surface area contributed by atoms with Gasteiger partial charge in [-0.2, -0.15) is 0 Å². The number of aromatic nitrogens is 1. The van der Waals surface area contributed by atoms with Crippen LogP contribution in [0, 0.1) is 5.92 Å². The lowest BCUT2D eigenvalue weighted by atomic mass is 9.94. The minimum atomic E-state index is -0.610. The van der Waals surface area contributed by atoms with Crippen LogP contribution in [0.3, 0.4) is 0 Å². The Morgan fingerprint density at radius 2 is 1.82 bits per heavy atom. The Hall–Kier alpha value is -4.64. The van der Waals surface area contributed by atoms with Gasteiger partial charge in [-0.25, -0.2) is 4.98 Å². The minimum Gasteiger partial charge on any atom is -0.493 e. The van der Waals surface area contributed by atoms with Gasteiger partial charge in [-0.3, -0.25) is 14.4 Å². The minimum absolute atomic E-state index is 0.0161. The lowest BCUT2D eigenvalue weighted by Gasteiger charge is -2.36. The number of aryl methyl sites for hydroxylation is 1. The molecule has 10 nitrogen and oxygen atoms in total. The molecule has 2 aliphatic rings. The normalized spacial score (nSPS) is 18.2. The maximum absolute atomic E-state index is 14.3. The van der Waals surface area contributed by atoms with E-state index in [9.17, 15) is 14.4 Å². The van der Waals surface area contributed by atoms with Crippen molar-refractivity contribution in [1.82, 2.24) is 15.2 Å². The van der Waals surface area contributed by atoms with Crippen LogP contribution in [0.25, 0.3) is 21.3 Å². The number of amides is 2. The van der Waals surface area contributed by atoms with E-state index in [-0.39, 0.29) is 29.1 Å². The third-order valence-corrected chi connectivity index (χ3v) is 11.3. The maximum atomic E-state index is 14.3. The fourth-order valence-corrected chi connectivity index (χ4v) is 8.41. The molecule has 1 saturated heterocycles. The number of nitrogens with one attached hydrogen (secondary N) is 2. The van der Waals surface area contributed by atoms with Crippen LogP contribution in [0.4, 0.5) is 5.69 Å². The van der Waals surface area contributed by atoms with Gasteiger partial charge in [0.25, 0.3) is 0 Å². The molecule has 4 atom stereocenters. The Bertz CT molecular complexity index is 1930. The summed E-state index contributed by atoms with van der Waals surface area (Å²) in [5.41, 5.74) is 4.17. The molecule has 2 N–H and O–H groups in total. The van der Waals surface area contributed by atoms with Crippen LogP contribution in [-0.2, 0) is 16.0 Å². The number of fused-ring (bicyclic) bond motifs is 4. The second-order valence-electron chi connectivity index (χ2n) is 13.2. The van der Waals surface area contributed by atoms with E-state index < -0.39 is 12.1 Å². The standard InChI is InChI=1S/C39H46N4O6S/c1-7-22(2)35(39(46)43-18-10-11-25(21-43)38-42-30-12-8-9-13-33(30)50-38)41-29-17-15-26-27(20-31(29)45)28(40-23(3)44)16-14-24-19-32(47-4)36(48-5)37(49-6)34(24)26/h8-9,12-13,15,17,19-20,22,25,28,35H,7,10-11,14,16,18,21H2,1-6H3,(H,40,44)(H,41,45)/t22-,25+,28+,35+/m1/s1. The average molecular weight is 699 g/mol. The molecular weight excluding hydrogens is 653 g/mol. The number of piperidine rings is 1. The van der Waals surface area contributed by atoms with E-state index in [0.29, 0.717) is 54.4 Å². The smallest absolute Gasteiger partial charge is 0.245 e. The lowest BCUT2D eigenvalue weighted by molar-refractivity contribution is -0.134. The highest BCUT2D eigenvalue weighted by Crippen LogP contribution is 2.50. The molecule has 3 aromatic carbocycles. The molecule has 50 heavy (non-hydrogen) atoms. The van der Waals surface area contributed by atoms with Crippen molar-refractivity contribution >= 4 is 39.1 Å². The van der Waals surface area contributed by atoms with Gasteiger partial charge < -0.3 is 29.7 Å². The van der Waals surface area contributed by atoms with E-state index in [4.69, 9.17) is 19.2 Å². The Morgan fingerprint density at radius 1 is 1.04 bits per heavy atom. The first-order valence-electron chi connectivity index (χ1n) is 17.4. The molecule has 1 fully saturated rings. The van der Waals surface area contributed by atoms with E-state index in [1.54, 1.807) is 44.8 Å². The average Bonchev–Trinajstić information content (AvgIpc) is 3.44. The predicted molar refractivity (Wildman–Crippen MR) is 198 cm³/mol. The highest BCUT2D eigenvalue weighted by molar-refractivity contribution is 7.18. The molecule has 6 rings (SSSR count). The Labute approximate surface area is 297 Å². The number of thiazole rings is 1. The van der Waals surface area contributed by atoms with Gasteiger partial charge in [-0.05, 0) is 78.6 Å². The number of carbonyl (C=O) groups excluding carboxylic acids is 2. The maximum Gasteiger partial charge on any atom is 0.245 e. The zero-order chi connectivity index (χ0) is 35.5. The lowest BCUT2D eigenvalue weighted by Crippen LogP contribution is -2.49. The van der Waals surface area contributed by atoms with Gasteiger partial charge in [0, 0.05) is 31.5 Å². The van der Waals surface area contributed by atoms with Gasteiger partial charge >= 0.3 is 0 Å². The largest absolute Gasteiger partial charge is 0.493 e. The van der Waals surface area contributed by atoms with Crippen molar-refractivity contribution < 1.29 is 23.8 Å². The highest BCUT2D eigenvalue weighted by Gasteiger charge is 2.34. The number of carbonyl (C=O) groups is 2. The number of hydrogen-bond donors (Lipinski definition) is 2. The van der Waals surface area contributed by atoms with Crippen molar-refractivity contribution in [2.75, 3.05) is 39.7 Å². The predicted octanol–water partition coefficient (Wildman–Crippen LogP) is 6.71. The molecule has 1 aliphatic heterocycles. The molecule has 1 aromatic heterocycles. The number of ether oxygens (including phenoxy) is 3. The van der Waals surface area contributed by atoms with Gasteiger partial charge in [0.2, 0.25) is 23.0 Å². The molecule has 0 saturated carbocycles. The van der Waals surface area contributed by atoms with E-state index >= 15 is 0 Å². The Kier molecular flexibility index (Phi) is 10.6. The highest BCUT2D eigenvalue weighted by atomic mass is 32.1. The van der Waals surface area contributed by atoms with Crippen LogP contribution < -0.4 is 30.3 Å². The van der Waals surface area contributed by atoms with Crippen LogP contribution in [-0.4, -0.2) is 62.2 Å². The summed E-state index contributed by atoms with van der Waals surface area (Å²) in [5.74, 6) is 1.38. The Balaban J connectivity index is 1.37. The van der Waals surface area contributed by atoms with Crippen molar-refractivity contribution in [2.24, 2.45) is 5.92 Å². The van der Waals surface area contributed by atoms with Gasteiger partial charge in [-0.15, -0.1) is 11.3 Å². The molecule has 264 valence electrons. The van der Waals surface area contributed by atoms with Crippen molar-refractivity contribution in [2.45, 2.75) is 70.9 Å². The van der Waals surface area contributed by atoms with Gasteiger partial charge in [-0.1, -0.05) is 38.5 Å². The fraction of sp³-hybridized carbons (Fsp3) is 0.436. The van der Waals surface area contributed by atoms with E-state index in [0.717, 1.165) is 51.2 Å². The topological polar surface area (TPSA) is 119 Å². The third-order valence-electron chi connectivity index (χ3n) is 10.1. The summed E-state index contributed by atoms with van der Waals surface area (Å²) in [6.07, 6.45) is 3.78. The molecular formula is C39H46N4O6S. The number of rotatable bonds is 10. The van der Waals surface area contributed by atoms with Crippen LogP contribution in [0.5, 0.6) is 17.2 Å². The first-order valence-corrected chi connectivity index (χ1v) is 18.2. The monoisotopic (exact) mass is 698 g/mol.